The van der Waals surface area contributed by atoms with Crippen LogP contribution in [0, 0.1) is 10.1 Å². The molecule has 1 N–H and O–H groups in total. The van der Waals surface area contributed by atoms with Gasteiger partial charge in [-0.1, -0.05) is 12.8 Å². The summed E-state index contributed by atoms with van der Waals surface area (Å²) in [5.41, 5.74) is 1.69. The molecule has 1 heterocycles. The highest BCUT2D eigenvalue weighted by Crippen LogP contribution is 2.31. The van der Waals surface area contributed by atoms with Gasteiger partial charge in [0.15, 0.2) is 0 Å². The van der Waals surface area contributed by atoms with Crippen molar-refractivity contribution in [3.63, 3.8) is 0 Å². The van der Waals surface area contributed by atoms with Gasteiger partial charge in [-0.05, 0) is 31.0 Å². The first-order valence-electron chi connectivity index (χ1n) is 6.54. The molecule has 1 saturated carbocycles. The van der Waals surface area contributed by atoms with Crippen molar-refractivity contribution in [3.8, 4) is 0 Å². The first kappa shape index (κ1) is 11.9. The minimum absolute atomic E-state index is 0.111. The van der Waals surface area contributed by atoms with Crippen molar-refractivity contribution in [2.24, 2.45) is 0 Å². The number of non-ortho nitro benzene ring substituents is 1. The molecule has 0 amide bonds. The van der Waals surface area contributed by atoms with E-state index in [0.717, 1.165) is 18.5 Å². The van der Waals surface area contributed by atoms with Crippen LogP contribution in [0.15, 0.2) is 30.5 Å². The number of rotatable bonds is 3. The summed E-state index contributed by atoms with van der Waals surface area (Å²) in [7, 11) is 0. The monoisotopic (exact) mass is 257 g/mol. The fraction of sp³-hybridized carbons (Fsp3) is 0.357. The first-order valence-corrected chi connectivity index (χ1v) is 6.54. The summed E-state index contributed by atoms with van der Waals surface area (Å²) in [4.78, 5) is 15.0. The molecule has 0 spiro atoms. The van der Waals surface area contributed by atoms with Crippen LogP contribution in [0.25, 0.3) is 10.9 Å². The SMILES string of the molecule is O=[N+]([O-])c1ccc(NC2CCCC2)c2ncccc12. The normalized spacial score (nSPS) is 15.8. The van der Waals surface area contributed by atoms with Gasteiger partial charge in [0.05, 0.1) is 16.0 Å². The van der Waals surface area contributed by atoms with E-state index in [1.54, 1.807) is 30.5 Å². The van der Waals surface area contributed by atoms with Crippen molar-refractivity contribution in [2.75, 3.05) is 5.32 Å². The van der Waals surface area contributed by atoms with E-state index in [0.29, 0.717) is 16.9 Å². The van der Waals surface area contributed by atoms with E-state index < -0.39 is 0 Å². The zero-order chi connectivity index (χ0) is 13.2. The van der Waals surface area contributed by atoms with E-state index in [1.165, 1.54) is 12.8 Å². The Balaban J connectivity index is 2.05. The molecule has 98 valence electrons. The molecule has 5 nitrogen and oxygen atoms in total. The van der Waals surface area contributed by atoms with Gasteiger partial charge in [-0.3, -0.25) is 15.1 Å². The average molecular weight is 257 g/mol. The molecule has 19 heavy (non-hydrogen) atoms. The minimum Gasteiger partial charge on any atom is -0.381 e. The smallest absolute Gasteiger partial charge is 0.278 e. The topological polar surface area (TPSA) is 68.1 Å². The standard InChI is InChI=1S/C14H15N3O2/c18-17(19)13-8-7-12(16-10-4-1-2-5-10)14-11(13)6-3-9-15-14/h3,6-10,16H,1-2,4-5H2. The molecular weight excluding hydrogens is 242 g/mol. The largest absolute Gasteiger partial charge is 0.381 e. The Labute approximate surface area is 110 Å². The molecular formula is C14H15N3O2. The third-order valence-electron chi connectivity index (χ3n) is 3.66. The summed E-state index contributed by atoms with van der Waals surface area (Å²) in [5.74, 6) is 0. The van der Waals surface area contributed by atoms with E-state index in [-0.39, 0.29) is 10.6 Å². The lowest BCUT2D eigenvalue weighted by Gasteiger charge is -2.14. The van der Waals surface area contributed by atoms with Crippen LogP contribution in [-0.4, -0.2) is 15.9 Å². The van der Waals surface area contributed by atoms with Crippen molar-refractivity contribution < 1.29 is 4.92 Å². The Hall–Kier alpha value is -2.17. The summed E-state index contributed by atoms with van der Waals surface area (Å²) < 4.78 is 0. The second-order valence-electron chi connectivity index (χ2n) is 4.91. The number of nitrogens with one attached hydrogen (secondary N) is 1. The minimum atomic E-state index is -0.358. The molecule has 1 aromatic carbocycles. The van der Waals surface area contributed by atoms with Gasteiger partial charge in [-0.25, -0.2) is 0 Å². The van der Waals surface area contributed by atoms with Crippen LogP contribution in [-0.2, 0) is 0 Å². The Morgan fingerprint density at radius 2 is 2.05 bits per heavy atom. The summed E-state index contributed by atoms with van der Waals surface area (Å²) in [6.45, 7) is 0. The van der Waals surface area contributed by atoms with Crippen LogP contribution < -0.4 is 5.32 Å². The van der Waals surface area contributed by atoms with Gasteiger partial charge in [0.2, 0.25) is 0 Å². The van der Waals surface area contributed by atoms with Gasteiger partial charge >= 0.3 is 0 Å². The maximum absolute atomic E-state index is 11.0. The molecule has 0 unspecified atom stereocenters. The number of nitro benzene ring substituents is 1. The lowest BCUT2D eigenvalue weighted by Crippen LogP contribution is -2.14. The highest BCUT2D eigenvalue weighted by atomic mass is 16.6. The number of hydrogen-bond donors (Lipinski definition) is 1. The first-order chi connectivity index (χ1) is 9.25. The highest BCUT2D eigenvalue weighted by Gasteiger charge is 2.19. The molecule has 0 saturated heterocycles. The molecule has 0 atom stereocenters. The highest BCUT2D eigenvalue weighted by molar-refractivity contribution is 5.96. The van der Waals surface area contributed by atoms with Crippen LogP contribution >= 0.6 is 0 Å². The van der Waals surface area contributed by atoms with Crippen molar-refractivity contribution in [2.45, 2.75) is 31.7 Å². The summed E-state index contributed by atoms with van der Waals surface area (Å²) in [5, 5.41) is 15.1. The number of benzene rings is 1. The lowest BCUT2D eigenvalue weighted by atomic mass is 10.1. The van der Waals surface area contributed by atoms with Crippen molar-refractivity contribution in [3.05, 3.63) is 40.6 Å². The zero-order valence-corrected chi connectivity index (χ0v) is 10.5. The molecule has 1 fully saturated rings. The van der Waals surface area contributed by atoms with E-state index in [2.05, 4.69) is 10.3 Å². The Morgan fingerprint density at radius 1 is 1.26 bits per heavy atom. The predicted octanol–water partition coefficient (Wildman–Crippen LogP) is 3.50. The van der Waals surface area contributed by atoms with Gasteiger partial charge < -0.3 is 5.32 Å². The fourth-order valence-corrected chi connectivity index (χ4v) is 2.72. The van der Waals surface area contributed by atoms with Gasteiger partial charge in [0.1, 0.15) is 5.52 Å². The molecule has 1 aromatic heterocycles. The number of anilines is 1. The van der Waals surface area contributed by atoms with Crippen molar-refractivity contribution >= 4 is 22.3 Å². The van der Waals surface area contributed by atoms with Crippen LogP contribution in [0.2, 0.25) is 0 Å². The predicted molar refractivity (Wildman–Crippen MR) is 74.3 cm³/mol. The molecule has 2 aromatic rings. The number of hydrogen-bond acceptors (Lipinski definition) is 4. The number of nitrogens with zero attached hydrogens (tertiary/aromatic N) is 2. The summed E-state index contributed by atoms with van der Waals surface area (Å²) in [6, 6.07) is 7.27. The van der Waals surface area contributed by atoms with Gasteiger partial charge in [0, 0.05) is 18.3 Å². The van der Waals surface area contributed by atoms with Gasteiger partial charge in [-0.15, -0.1) is 0 Å². The quantitative estimate of drug-likeness (QED) is 0.675. The van der Waals surface area contributed by atoms with Crippen molar-refractivity contribution in [1.82, 2.24) is 4.98 Å². The molecule has 1 aliphatic rings. The van der Waals surface area contributed by atoms with Gasteiger partial charge in [0.25, 0.3) is 5.69 Å². The lowest BCUT2D eigenvalue weighted by molar-refractivity contribution is -0.383. The molecule has 0 bridgehead atoms. The Bertz CT molecular complexity index is 621. The molecule has 0 radical (unpaired) electrons. The van der Waals surface area contributed by atoms with E-state index in [1.807, 2.05) is 0 Å². The number of nitro groups is 1. The molecule has 0 aliphatic heterocycles. The summed E-state index contributed by atoms with van der Waals surface area (Å²) >= 11 is 0. The maximum atomic E-state index is 11.0. The van der Waals surface area contributed by atoms with Crippen LogP contribution in [0.1, 0.15) is 25.7 Å². The van der Waals surface area contributed by atoms with Crippen LogP contribution in [0.3, 0.4) is 0 Å². The number of fused-ring (bicyclic) bond motifs is 1. The molecule has 1 aliphatic carbocycles. The number of pyridine rings is 1. The average Bonchev–Trinajstić information content (AvgIpc) is 2.91. The Morgan fingerprint density at radius 3 is 2.79 bits per heavy atom. The molecule has 3 rings (SSSR count). The zero-order valence-electron chi connectivity index (χ0n) is 10.5. The van der Waals surface area contributed by atoms with E-state index >= 15 is 0 Å². The van der Waals surface area contributed by atoms with E-state index in [9.17, 15) is 10.1 Å². The fourth-order valence-electron chi connectivity index (χ4n) is 2.72. The van der Waals surface area contributed by atoms with Crippen molar-refractivity contribution in [1.29, 1.82) is 0 Å². The van der Waals surface area contributed by atoms with E-state index in [4.69, 9.17) is 0 Å². The van der Waals surface area contributed by atoms with Gasteiger partial charge in [-0.2, -0.15) is 0 Å². The third kappa shape index (κ3) is 2.23. The van der Waals surface area contributed by atoms with Crippen LogP contribution in [0.5, 0.6) is 0 Å². The third-order valence-corrected chi connectivity index (χ3v) is 3.66. The molecule has 5 heteroatoms. The van der Waals surface area contributed by atoms with Crippen LogP contribution in [0.4, 0.5) is 11.4 Å². The number of aromatic nitrogens is 1. The second kappa shape index (κ2) is 4.84. The summed E-state index contributed by atoms with van der Waals surface area (Å²) in [6.07, 6.45) is 6.48. The second-order valence-corrected chi connectivity index (χ2v) is 4.91. The maximum Gasteiger partial charge on any atom is 0.278 e. The Kier molecular flexibility index (Phi) is 3.03.